The molecule has 1 aromatic heterocycles. The number of hydrogen-bond acceptors (Lipinski definition) is 3. The summed E-state index contributed by atoms with van der Waals surface area (Å²) in [6, 6.07) is 9.95. The maximum atomic E-state index is 10.9. The number of benzene rings is 1. The molecule has 0 bridgehead atoms. The second kappa shape index (κ2) is 6.19. The monoisotopic (exact) mass is 270 g/mol. The van der Waals surface area contributed by atoms with E-state index in [0.29, 0.717) is 6.42 Å². The fourth-order valence-corrected chi connectivity index (χ4v) is 1.99. The van der Waals surface area contributed by atoms with Gasteiger partial charge in [0.25, 0.3) is 0 Å². The van der Waals surface area contributed by atoms with Crippen molar-refractivity contribution in [1.82, 2.24) is 4.98 Å². The van der Waals surface area contributed by atoms with Gasteiger partial charge in [-0.25, -0.2) is 4.79 Å². The average Bonchev–Trinajstić information content (AvgIpc) is 2.47. The maximum absolute atomic E-state index is 10.9. The van der Waals surface area contributed by atoms with E-state index in [9.17, 15) is 4.79 Å². The van der Waals surface area contributed by atoms with Crippen LogP contribution in [0.5, 0.6) is 0 Å². The molecular weight excluding hydrogens is 252 g/mol. The second-order valence-corrected chi connectivity index (χ2v) is 4.74. The number of rotatable bonds is 5. The third-order valence-electron chi connectivity index (χ3n) is 3.30. The van der Waals surface area contributed by atoms with Crippen molar-refractivity contribution in [2.24, 2.45) is 0 Å². The van der Waals surface area contributed by atoms with Gasteiger partial charge in [-0.05, 0) is 42.7 Å². The van der Waals surface area contributed by atoms with Crippen molar-refractivity contribution < 1.29 is 9.90 Å². The fourth-order valence-electron chi connectivity index (χ4n) is 1.99. The first-order chi connectivity index (χ1) is 9.60. The number of anilines is 1. The van der Waals surface area contributed by atoms with Crippen LogP contribution in [0.3, 0.4) is 0 Å². The summed E-state index contributed by atoms with van der Waals surface area (Å²) < 4.78 is 0. The van der Waals surface area contributed by atoms with E-state index in [1.165, 1.54) is 11.9 Å². The highest BCUT2D eigenvalue weighted by Gasteiger charge is 2.05. The van der Waals surface area contributed by atoms with Crippen LogP contribution in [0.2, 0.25) is 0 Å². The zero-order valence-electron chi connectivity index (χ0n) is 11.7. The van der Waals surface area contributed by atoms with E-state index in [0.717, 1.165) is 17.7 Å². The van der Waals surface area contributed by atoms with E-state index in [2.05, 4.69) is 48.1 Å². The smallest absolute Gasteiger partial charge is 0.337 e. The molecule has 0 aliphatic rings. The summed E-state index contributed by atoms with van der Waals surface area (Å²) in [6.45, 7) is 3.07. The van der Waals surface area contributed by atoms with Gasteiger partial charge in [-0.2, -0.15) is 0 Å². The lowest BCUT2D eigenvalue weighted by molar-refractivity contribution is 0.0696. The average molecular weight is 270 g/mol. The predicted molar refractivity (Wildman–Crippen MR) is 79.4 cm³/mol. The molecule has 1 heterocycles. The Morgan fingerprint density at radius 2 is 1.90 bits per heavy atom. The maximum Gasteiger partial charge on any atom is 0.337 e. The minimum Gasteiger partial charge on any atom is -0.478 e. The molecule has 0 aliphatic carbocycles. The minimum atomic E-state index is -0.945. The van der Waals surface area contributed by atoms with E-state index < -0.39 is 5.97 Å². The van der Waals surface area contributed by atoms with E-state index in [-0.39, 0.29) is 5.56 Å². The number of carboxylic acid groups (broad SMARTS) is 1. The van der Waals surface area contributed by atoms with Gasteiger partial charge in [0.2, 0.25) is 0 Å². The summed E-state index contributed by atoms with van der Waals surface area (Å²) in [5.41, 5.74) is 3.45. The van der Waals surface area contributed by atoms with Crippen molar-refractivity contribution in [2.45, 2.75) is 13.3 Å². The quantitative estimate of drug-likeness (QED) is 0.907. The zero-order chi connectivity index (χ0) is 14.5. The first kappa shape index (κ1) is 14.1. The first-order valence-electron chi connectivity index (χ1n) is 6.57. The topological polar surface area (TPSA) is 53.4 Å². The number of carbonyl (C=O) groups is 1. The van der Waals surface area contributed by atoms with Crippen LogP contribution in [0, 0.1) is 0 Å². The molecule has 20 heavy (non-hydrogen) atoms. The molecule has 0 atom stereocenters. The van der Waals surface area contributed by atoms with E-state index in [1.807, 2.05) is 0 Å². The van der Waals surface area contributed by atoms with Gasteiger partial charge in [-0.15, -0.1) is 0 Å². The largest absolute Gasteiger partial charge is 0.478 e. The summed E-state index contributed by atoms with van der Waals surface area (Å²) in [7, 11) is 2.05. The van der Waals surface area contributed by atoms with Gasteiger partial charge >= 0.3 is 5.97 Å². The van der Waals surface area contributed by atoms with Gasteiger partial charge in [0.1, 0.15) is 0 Å². The predicted octanol–water partition coefficient (Wildman–Crippen LogP) is 2.83. The van der Waals surface area contributed by atoms with Crippen molar-refractivity contribution in [3.8, 4) is 0 Å². The van der Waals surface area contributed by atoms with Crippen LogP contribution in [-0.4, -0.2) is 29.7 Å². The summed E-state index contributed by atoms with van der Waals surface area (Å²) in [5, 5.41) is 8.95. The highest BCUT2D eigenvalue weighted by molar-refractivity contribution is 5.87. The third kappa shape index (κ3) is 3.35. The minimum absolute atomic E-state index is 0.227. The summed E-state index contributed by atoms with van der Waals surface area (Å²) in [6.07, 6.45) is 3.76. The van der Waals surface area contributed by atoms with E-state index in [1.54, 1.807) is 12.3 Å². The van der Waals surface area contributed by atoms with Gasteiger partial charge in [0, 0.05) is 31.7 Å². The van der Waals surface area contributed by atoms with Crippen molar-refractivity contribution >= 4 is 11.7 Å². The van der Waals surface area contributed by atoms with Crippen molar-refractivity contribution in [3.63, 3.8) is 0 Å². The molecule has 0 fully saturated rings. The molecule has 1 N–H and O–H groups in total. The number of pyridine rings is 1. The van der Waals surface area contributed by atoms with Gasteiger partial charge in [0.05, 0.1) is 5.56 Å². The molecule has 0 amide bonds. The van der Waals surface area contributed by atoms with Crippen LogP contribution in [0.25, 0.3) is 0 Å². The molecule has 104 valence electrons. The van der Waals surface area contributed by atoms with Crippen molar-refractivity contribution in [1.29, 1.82) is 0 Å². The van der Waals surface area contributed by atoms with Crippen LogP contribution in [0.4, 0.5) is 5.69 Å². The summed E-state index contributed by atoms with van der Waals surface area (Å²) >= 11 is 0. The fraction of sp³-hybridized carbons (Fsp3) is 0.250. The number of aromatic carboxylic acids is 1. The Balaban J connectivity index is 2.14. The summed E-state index contributed by atoms with van der Waals surface area (Å²) in [5.74, 6) is -0.945. The van der Waals surface area contributed by atoms with Crippen LogP contribution in [0.15, 0.2) is 42.7 Å². The molecule has 0 radical (unpaired) electrons. The zero-order valence-corrected chi connectivity index (χ0v) is 11.7. The molecule has 1 aromatic carbocycles. The Morgan fingerprint density at radius 3 is 2.50 bits per heavy atom. The van der Waals surface area contributed by atoms with Crippen molar-refractivity contribution in [2.75, 3.05) is 18.5 Å². The Bertz CT molecular complexity index is 594. The molecule has 0 unspecified atom stereocenters. The van der Waals surface area contributed by atoms with Gasteiger partial charge < -0.3 is 10.0 Å². The van der Waals surface area contributed by atoms with E-state index in [4.69, 9.17) is 5.11 Å². The highest BCUT2D eigenvalue weighted by Crippen LogP contribution is 2.16. The molecule has 4 heteroatoms. The SMILES string of the molecule is CCN(C)c1ccc(Cc2cncc(C(=O)O)c2)cc1. The molecular formula is C16H18N2O2. The van der Waals surface area contributed by atoms with Crippen LogP contribution in [0.1, 0.15) is 28.4 Å². The lowest BCUT2D eigenvalue weighted by Gasteiger charge is -2.16. The molecule has 0 aliphatic heterocycles. The van der Waals surface area contributed by atoms with Crippen LogP contribution < -0.4 is 4.90 Å². The van der Waals surface area contributed by atoms with Crippen LogP contribution >= 0.6 is 0 Å². The lowest BCUT2D eigenvalue weighted by Crippen LogP contribution is -2.15. The normalized spacial score (nSPS) is 10.3. The Morgan fingerprint density at radius 1 is 1.20 bits per heavy atom. The standard InChI is InChI=1S/C16H18N2O2/c1-3-18(2)15-6-4-12(5-7-15)8-13-9-14(16(19)20)11-17-10-13/h4-7,9-11H,3,8H2,1-2H3,(H,19,20). The summed E-state index contributed by atoms with van der Waals surface area (Å²) in [4.78, 5) is 17.0. The second-order valence-electron chi connectivity index (χ2n) is 4.74. The Kier molecular flexibility index (Phi) is 4.35. The Labute approximate surface area is 118 Å². The van der Waals surface area contributed by atoms with Crippen molar-refractivity contribution in [3.05, 3.63) is 59.4 Å². The Hall–Kier alpha value is -2.36. The molecule has 0 saturated heterocycles. The van der Waals surface area contributed by atoms with E-state index >= 15 is 0 Å². The first-order valence-corrected chi connectivity index (χ1v) is 6.57. The number of nitrogens with zero attached hydrogens (tertiary/aromatic N) is 2. The highest BCUT2D eigenvalue weighted by atomic mass is 16.4. The van der Waals surface area contributed by atoms with Crippen LogP contribution in [-0.2, 0) is 6.42 Å². The lowest BCUT2D eigenvalue weighted by atomic mass is 10.0. The van der Waals surface area contributed by atoms with Gasteiger partial charge in [-0.1, -0.05) is 12.1 Å². The number of hydrogen-bond donors (Lipinski definition) is 1. The van der Waals surface area contributed by atoms with Gasteiger partial charge in [-0.3, -0.25) is 4.98 Å². The molecule has 4 nitrogen and oxygen atoms in total. The molecule has 0 saturated carbocycles. The number of carboxylic acids is 1. The molecule has 2 rings (SSSR count). The number of aromatic nitrogens is 1. The molecule has 0 spiro atoms. The van der Waals surface area contributed by atoms with Gasteiger partial charge in [0.15, 0.2) is 0 Å². The molecule has 2 aromatic rings. The third-order valence-corrected chi connectivity index (χ3v) is 3.30.